The first-order valence-electron chi connectivity index (χ1n) is 16.1. The molecule has 12 nitrogen and oxygen atoms in total. The number of hydrogen-bond donors (Lipinski definition) is 5. The number of carbonyl (C=O) groups excluding carboxylic acids is 6. The lowest BCUT2D eigenvalue weighted by atomic mass is 10.0. The van der Waals surface area contributed by atoms with Crippen LogP contribution >= 0.6 is 11.8 Å². The molecule has 6 atom stereocenters. The van der Waals surface area contributed by atoms with Crippen LogP contribution in [-0.2, 0) is 24.0 Å². The summed E-state index contributed by atoms with van der Waals surface area (Å²) in [5.41, 5.74) is 0.223. The average molecular weight is 701 g/mol. The summed E-state index contributed by atoms with van der Waals surface area (Å²) < 4.78 is 27.8. The Morgan fingerprint density at radius 2 is 1.67 bits per heavy atom. The molecule has 0 aromatic heterocycles. The Hall–Kier alpha value is -4.53. The molecule has 0 bridgehead atoms. The predicted molar refractivity (Wildman–Crippen MR) is 179 cm³/mol. The average Bonchev–Trinajstić information content (AvgIpc) is 3.48. The quantitative estimate of drug-likeness (QED) is 0.294. The molecule has 4 rings (SSSR count). The van der Waals surface area contributed by atoms with Crippen LogP contribution in [0.2, 0.25) is 0 Å². The number of thioether (sulfide) groups is 1. The van der Waals surface area contributed by atoms with Crippen LogP contribution in [0.1, 0.15) is 62.0 Å². The second-order valence-corrected chi connectivity index (χ2v) is 13.6. The van der Waals surface area contributed by atoms with E-state index in [1.165, 1.54) is 23.6 Å². The fraction of sp³-hybridized carbons (Fsp3) is 0.471. The third kappa shape index (κ3) is 9.55. The van der Waals surface area contributed by atoms with Gasteiger partial charge in [0, 0.05) is 18.7 Å². The molecular weight excluding hydrogens is 658 g/mol. The van der Waals surface area contributed by atoms with Crippen molar-refractivity contribution in [2.75, 3.05) is 18.6 Å². The molecule has 6 amide bonds. The van der Waals surface area contributed by atoms with E-state index >= 15 is 0 Å². The first-order valence-corrected chi connectivity index (χ1v) is 17.5. The number of hydrogen-bond acceptors (Lipinski definition) is 7. The van der Waals surface area contributed by atoms with Crippen LogP contribution in [0.15, 0.2) is 48.5 Å². The molecular formula is C34H42F2N6O6S. The van der Waals surface area contributed by atoms with Gasteiger partial charge in [-0.3, -0.25) is 28.8 Å². The number of rotatable bonds is 7. The highest BCUT2D eigenvalue weighted by atomic mass is 32.2. The van der Waals surface area contributed by atoms with Crippen LogP contribution < -0.4 is 26.6 Å². The van der Waals surface area contributed by atoms with E-state index in [0.29, 0.717) is 17.4 Å². The molecule has 5 N–H and O–H groups in total. The van der Waals surface area contributed by atoms with Gasteiger partial charge in [-0.05, 0) is 55.4 Å². The molecule has 0 aliphatic carbocycles. The fourth-order valence-electron chi connectivity index (χ4n) is 5.87. The number of halogens is 2. The van der Waals surface area contributed by atoms with E-state index in [-0.39, 0.29) is 25.8 Å². The first kappa shape index (κ1) is 37.3. The summed E-state index contributed by atoms with van der Waals surface area (Å²) in [6, 6.07) is 5.32. The molecule has 49 heavy (non-hydrogen) atoms. The largest absolute Gasteiger partial charge is 0.347 e. The fourth-order valence-corrected chi connectivity index (χ4v) is 6.34. The van der Waals surface area contributed by atoms with Gasteiger partial charge in [0.25, 0.3) is 5.91 Å². The van der Waals surface area contributed by atoms with Gasteiger partial charge in [-0.1, -0.05) is 44.2 Å². The lowest BCUT2D eigenvalue weighted by molar-refractivity contribution is -0.143. The molecule has 2 heterocycles. The maximum atomic E-state index is 14.4. The highest BCUT2D eigenvalue weighted by Crippen LogP contribution is 2.23. The third-order valence-electron chi connectivity index (χ3n) is 8.55. The van der Waals surface area contributed by atoms with Crippen molar-refractivity contribution in [2.45, 2.75) is 76.3 Å². The van der Waals surface area contributed by atoms with E-state index in [2.05, 4.69) is 26.6 Å². The molecule has 0 unspecified atom stereocenters. The number of nitrogens with zero attached hydrogens (tertiary/aromatic N) is 1. The topological polar surface area (TPSA) is 166 Å². The summed E-state index contributed by atoms with van der Waals surface area (Å²) >= 11 is 1.48. The molecule has 0 radical (unpaired) electrons. The van der Waals surface area contributed by atoms with Crippen molar-refractivity contribution in [1.82, 2.24) is 31.5 Å². The van der Waals surface area contributed by atoms with Crippen molar-refractivity contribution in [2.24, 2.45) is 5.92 Å². The van der Waals surface area contributed by atoms with E-state index in [0.717, 1.165) is 12.1 Å². The molecule has 2 aromatic rings. The van der Waals surface area contributed by atoms with Gasteiger partial charge in [0.2, 0.25) is 29.5 Å². The van der Waals surface area contributed by atoms with Gasteiger partial charge in [-0.25, -0.2) is 8.78 Å². The van der Waals surface area contributed by atoms with Crippen molar-refractivity contribution < 1.29 is 37.5 Å². The second kappa shape index (κ2) is 16.7. The lowest BCUT2D eigenvalue weighted by Gasteiger charge is -2.32. The zero-order chi connectivity index (χ0) is 35.8. The monoisotopic (exact) mass is 700 g/mol. The van der Waals surface area contributed by atoms with E-state index in [1.54, 1.807) is 44.2 Å². The zero-order valence-electron chi connectivity index (χ0n) is 27.8. The van der Waals surface area contributed by atoms with Crippen molar-refractivity contribution in [3.63, 3.8) is 0 Å². The Kier molecular flexibility index (Phi) is 12.7. The van der Waals surface area contributed by atoms with Gasteiger partial charge in [-0.15, -0.1) is 0 Å². The summed E-state index contributed by atoms with van der Waals surface area (Å²) in [6.45, 7) is 4.73. The Bertz CT molecular complexity index is 1560. The smallest absolute Gasteiger partial charge is 0.254 e. The van der Waals surface area contributed by atoms with Crippen molar-refractivity contribution in [1.29, 1.82) is 0 Å². The summed E-state index contributed by atoms with van der Waals surface area (Å²) in [4.78, 5) is 82.5. The second-order valence-electron chi connectivity index (χ2n) is 12.6. The van der Waals surface area contributed by atoms with Crippen molar-refractivity contribution in [3.05, 3.63) is 71.3 Å². The minimum Gasteiger partial charge on any atom is -0.347 e. The van der Waals surface area contributed by atoms with E-state index in [9.17, 15) is 37.5 Å². The van der Waals surface area contributed by atoms with Gasteiger partial charge in [0.05, 0.1) is 18.0 Å². The maximum Gasteiger partial charge on any atom is 0.254 e. The minimum atomic E-state index is -1.17. The Morgan fingerprint density at radius 1 is 0.959 bits per heavy atom. The highest BCUT2D eigenvalue weighted by molar-refractivity contribution is 7.98. The molecule has 15 heteroatoms. The molecule has 0 spiro atoms. The van der Waals surface area contributed by atoms with Gasteiger partial charge < -0.3 is 31.5 Å². The summed E-state index contributed by atoms with van der Waals surface area (Å²) in [5.74, 6) is -5.70. The van der Waals surface area contributed by atoms with Gasteiger partial charge in [-0.2, -0.15) is 11.8 Å². The lowest BCUT2D eigenvalue weighted by Crippen LogP contribution is -2.59. The van der Waals surface area contributed by atoms with Gasteiger partial charge >= 0.3 is 0 Å². The molecule has 2 aromatic carbocycles. The maximum absolute atomic E-state index is 14.4. The van der Waals surface area contributed by atoms with Crippen molar-refractivity contribution in [3.8, 4) is 0 Å². The van der Waals surface area contributed by atoms with Crippen molar-refractivity contribution >= 4 is 47.2 Å². The Labute approximate surface area is 287 Å². The standard InChI is InChI=1S/C34H42F2N6O6S/c1-18(2)29-34(48)42-17-22(38-31(45)23-11-10-21(35)14-24(23)36)15-27(42)33(47)37-19(3)30(44)40-26(20-8-6-5-7-9-20)16-28(43)39-25(12-13-49-4)32(46)41-29/h5-11,14,18-19,22,25-27,29H,12-13,15-17H2,1-4H3,(H,37,47)(H,38,45)(H,39,43)(H,40,44)(H,41,46)/t19-,22-,25-,26-,27-,29-/m0/s1. The van der Waals surface area contributed by atoms with Gasteiger partial charge in [0.1, 0.15) is 35.8 Å². The Balaban J connectivity index is 1.68. The van der Waals surface area contributed by atoms with Crippen LogP contribution in [0.5, 0.6) is 0 Å². The molecule has 2 aliphatic rings. The molecule has 2 fully saturated rings. The molecule has 0 saturated carbocycles. The van der Waals surface area contributed by atoms with Gasteiger partial charge in [0.15, 0.2) is 0 Å². The van der Waals surface area contributed by atoms with Crippen LogP contribution in [0.25, 0.3) is 0 Å². The summed E-state index contributed by atoms with van der Waals surface area (Å²) in [5, 5.41) is 13.6. The highest BCUT2D eigenvalue weighted by Gasteiger charge is 2.44. The number of amides is 6. The van der Waals surface area contributed by atoms with Crippen LogP contribution in [0.4, 0.5) is 8.78 Å². The first-order chi connectivity index (χ1) is 23.3. The normalized spacial score (nSPS) is 25.6. The Morgan fingerprint density at radius 3 is 2.33 bits per heavy atom. The van der Waals surface area contributed by atoms with E-state index in [4.69, 9.17) is 0 Å². The number of benzene rings is 2. The predicted octanol–water partition coefficient (Wildman–Crippen LogP) is 1.81. The van der Waals surface area contributed by atoms with E-state index in [1.807, 2.05) is 6.26 Å². The van der Waals surface area contributed by atoms with Crippen LogP contribution in [-0.4, -0.2) is 89.1 Å². The van der Waals surface area contributed by atoms with Crippen LogP contribution in [0, 0.1) is 17.6 Å². The minimum absolute atomic E-state index is 0.0850. The number of fused-ring (bicyclic) bond motifs is 1. The SMILES string of the molecule is CSCC[C@@H]1NC(=O)C[C@@H](c2ccccc2)NC(=O)[C@H](C)NC(=O)[C@@H]2C[C@H](NC(=O)c3ccc(F)cc3F)CN2C(=O)[C@H](C(C)C)NC1=O. The van der Waals surface area contributed by atoms with Crippen LogP contribution in [0.3, 0.4) is 0 Å². The molecule has 264 valence electrons. The third-order valence-corrected chi connectivity index (χ3v) is 9.19. The number of carbonyl (C=O) groups is 6. The zero-order valence-corrected chi connectivity index (χ0v) is 28.6. The number of nitrogens with one attached hydrogen (secondary N) is 5. The summed E-state index contributed by atoms with van der Waals surface area (Å²) in [6.07, 6.45) is 1.84. The molecule has 2 saturated heterocycles. The van der Waals surface area contributed by atoms with E-state index < -0.39 is 94.8 Å². The summed E-state index contributed by atoms with van der Waals surface area (Å²) in [7, 11) is 0. The molecule has 2 aliphatic heterocycles.